The quantitative estimate of drug-likeness (QED) is 0.389. The van der Waals surface area contributed by atoms with Crippen molar-refractivity contribution in [2.75, 3.05) is 10.6 Å². The van der Waals surface area contributed by atoms with E-state index >= 15 is 0 Å². The van der Waals surface area contributed by atoms with Crippen molar-refractivity contribution in [1.82, 2.24) is 9.56 Å². The minimum atomic E-state index is -0.353. The maximum atomic E-state index is 12.2. The van der Waals surface area contributed by atoms with Crippen molar-refractivity contribution in [2.24, 2.45) is 0 Å². The van der Waals surface area contributed by atoms with Gasteiger partial charge in [-0.05, 0) is 55.8 Å². The molecule has 0 atom stereocenters. The molecule has 31 heavy (non-hydrogen) atoms. The third kappa shape index (κ3) is 5.10. The van der Waals surface area contributed by atoms with Crippen molar-refractivity contribution < 1.29 is 9.32 Å². The van der Waals surface area contributed by atoms with E-state index in [1.54, 1.807) is 36.9 Å². The standard InChI is InChI=1S/C22H19ClN4O3S/c1-13-3-4-16(10-19(13)23)26-22(29)25-15-5-7-18(8-6-15)31-12-17-11-21(28)27-20(24-17)9-14(2)30-27/h3-11H,12H2,1-2H3,(H2,25,26,29). The van der Waals surface area contributed by atoms with Gasteiger partial charge < -0.3 is 15.2 Å². The Morgan fingerprint density at radius 2 is 1.77 bits per heavy atom. The average molecular weight is 455 g/mol. The molecule has 2 aromatic carbocycles. The van der Waals surface area contributed by atoms with Crippen molar-refractivity contribution in [3.05, 3.63) is 87.0 Å². The number of nitrogens with one attached hydrogen (secondary N) is 2. The molecule has 0 aliphatic carbocycles. The fourth-order valence-corrected chi connectivity index (χ4v) is 3.87. The zero-order valence-corrected chi connectivity index (χ0v) is 18.4. The highest BCUT2D eigenvalue weighted by atomic mass is 35.5. The van der Waals surface area contributed by atoms with E-state index in [0.29, 0.717) is 39.3 Å². The molecule has 0 radical (unpaired) electrons. The highest BCUT2D eigenvalue weighted by molar-refractivity contribution is 7.98. The summed E-state index contributed by atoms with van der Waals surface area (Å²) in [7, 11) is 0. The summed E-state index contributed by atoms with van der Waals surface area (Å²) in [4.78, 5) is 29.7. The summed E-state index contributed by atoms with van der Waals surface area (Å²) in [5, 5.41) is 6.14. The van der Waals surface area contributed by atoms with Crippen LogP contribution < -0.4 is 16.2 Å². The average Bonchev–Trinajstić information content (AvgIpc) is 3.11. The number of hydrogen-bond acceptors (Lipinski definition) is 5. The van der Waals surface area contributed by atoms with Gasteiger partial charge in [0.15, 0.2) is 5.65 Å². The predicted molar refractivity (Wildman–Crippen MR) is 123 cm³/mol. The lowest BCUT2D eigenvalue weighted by Crippen LogP contribution is -2.19. The SMILES string of the molecule is Cc1cc2nc(CSc3ccc(NC(=O)Nc4ccc(C)c(Cl)c4)cc3)cc(=O)n2o1. The van der Waals surface area contributed by atoms with Gasteiger partial charge in [-0.25, -0.2) is 9.78 Å². The summed E-state index contributed by atoms with van der Waals surface area (Å²) in [6.45, 7) is 3.67. The molecule has 9 heteroatoms. The van der Waals surface area contributed by atoms with Gasteiger partial charge in [-0.1, -0.05) is 17.7 Å². The molecule has 0 spiro atoms. The van der Waals surface area contributed by atoms with Crippen LogP contribution in [0.1, 0.15) is 17.0 Å². The van der Waals surface area contributed by atoms with Gasteiger partial charge >= 0.3 is 6.03 Å². The molecule has 0 aliphatic heterocycles. The second-order valence-electron chi connectivity index (χ2n) is 6.94. The Balaban J connectivity index is 1.35. The molecule has 2 heterocycles. The topological polar surface area (TPSA) is 88.6 Å². The molecular formula is C22H19ClN4O3S. The number of aromatic nitrogens is 2. The minimum absolute atomic E-state index is 0.242. The number of fused-ring (bicyclic) bond motifs is 1. The van der Waals surface area contributed by atoms with Crippen LogP contribution in [0.4, 0.5) is 16.2 Å². The number of amides is 2. The van der Waals surface area contributed by atoms with Crippen LogP contribution in [0, 0.1) is 13.8 Å². The van der Waals surface area contributed by atoms with E-state index in [-0.39, 0.29) is 11.6 Å². The predicted octanol–water partition coefficient (Wildman–Crippen LogP) is 5.49. The number of aryl methyl sites for hydroxylation is 2. The Hall–Kier alpha value is -3.23. The largest absolute Gasteiger partial charge is 0.375 e. The maximum Gasteiger partial charge on any atom is 0.323 e. The van der Waals surface area contributed by atoms with Gasteiger partial charge in [-0.2, -0.15) is 0 Å². The zero-order valence-electron chi connectivity index (χ0n) is 16.8. The monoisotopic (exact) mass is 454 g/mol. The first-order valence-corrected chi connectivity index (χ1v) is 10.8. The van der Waals surface area contributed by atoms with Crippen molar-refractivity contribution in [2.45, 2.75) is 24.5 Å². The van der Waals surface area contributed by atoms with E-state index in [9.17, 15) is 9.59 Å². The third-order valence-electron chi connectivity index (χ3n) is 4.45. The number of urea groups is 1. The van der Waals surface area contributed by atoms with Crippen LogP contribution in [0.2, 0.25) is 5.02 Å². The van der Waals surface area contributed by atoms with Crippen LogP contribution in [-0.4, -0.2) is 15.6 Å². The maximum absolute atomic E-state index is 12.2. The molecule has 0 unspecified atom stereocenters. The smallest absolute Gasteiger partial charge is 0.323 e. The molecule has 0 fully saturated rings. The second kappa shape index (κ2) is 8.87. The number of thioether (sulfide) groups is 1. The first-order valence-electron chi connectivity index (χ1n) is 9.44. The molecule has 0 aliphatic rings. The number of nitrogens with zero attached hydrogens (tertiary/aromatic N) is 2. The summed E-state index contributed by atoms with van der Waals surface area (Å²) in [5.74, 6) is 1.17. The van der Waals surface area contributed by atoms with E-state index in [4.69, 9.17) is 16.1 Å². The minimum Gasteiger partial charge on any atom is -0.375 e. The van der Waals surface area contributed by atoms with E-state index in [1.807, 2.05) is 37.3 Å². The van der Waals surface area contributed by atoms with Crippen molar-refractivity contribution in [3.8, 4) is 0 Å². The zero-order chi connectivity index (χ0) is 22.0. The highest BCUT2D eigenvalue weighted by Crippen LogP contribution is 2.24. The number of carbonyl (C=O) groups is 1. The lowest BCUT2D eigenvalue weighted by atomic mass is 10.2. The Morgan fingerprint density at radius 3 is 2.52 bits per heavy atom. The third-order valence-corrected chi connectivity index (χ3v) is 5.91. The summed E-state index contributed by atoms with van der Waals surface area (Å²) in [5.41, 5.74) is 3.16. The van der Waals surface area contributed by atoms with Crippen LogP contribution in [-0.2, 0) is 5.75 Å². The second-order valence-corrected chi connectivity index (χ2v) is 8.40. The Morgan fingerprint density at radius 1 is 1.06 bits per heavy atom. The molecule has 4 aromatic rings. The van der Waals surface area contributed by atoms with Crippen LogP contribution in [0.3, 0.4) is 0 Å². The van der Waals surface area contributed by atoms with Crippen LogP contribution in [0.5, 0.6) is 0 Å². The van der Waals surface area contributed by atoms with Gasteiger partial charge in [0, 0.05) is 39.2 Å². The lowest BCUT2D eigenvalue weighted by molar-refractivity contribution is 0.262. The molecule has 2 amide bonds. The number of rotatable bonds is 5. The molecule has 0 bridgehead atoms. The summed E-state index contributed by atoms with van der Waals surface area (Å²) in [6.07, 6.45) is 0. The normalized spacial score (nSPS) is 10.9. The van der Waals surface area contributed by atoms with Crippen LogP contribution >= 0.6 is 23.4 Å². The summed E-state index contributed by atoms with van der Waals surface area (Å²) < 4.78 is 6.48. The molecule has 2 N–H and O–H groups in total. The number of carbonyl (C=O) groups excluding carboxylic acids is 1. The number of hydrogen-bond donors (Lipinski definition) is 2. The fraction of sp³-hybridized carbons (Fsp3) is 0.136. The van der Waals surface area contributed by atoms with Crippen molar-refractivity contribution >= 4 is 46.4 Å². The summed E-state index contributed by atoms with van der Waals surface area (Å²) in [6, 6.07) is 15.6. The fourth-order valence-electron chi connectivity index (χ4n) is 2.90. The molecule has 4 rings (SSSR count). The molecule has 158 valence electrons. The van der Waals surface area contributed by atoms with Gasteiger partial charge in [0.05, 0.1) is 5.69 Å². The van der Waals surface area contributed by atoms with Gasteiger partial charge in [0.25, 0.3) is 5.56 Å². The van der Waals surface area contributed by atoms with E-state index in [0.717, 1.165) is 10.5 Å². The lowest BCUT2D eigenvalue weighted by Gasteiger charge is -2.09. The molecule has 2 aromatic heterocycles. The molecular weight excluding hydrogens is 436 g/mol. The van der Waals surface area contributed by atoms with E-state index in [2.05, 4.69) is 15.6 Å². The van der Waals surface area contributed by atoms with Gasteiger partial charge in [0.2, 0.25) is 0 Å². The first-order chi connectivity index (χ1) is 14.9. The number of benzene rings is 2. The Labute approximate surface area is 187 Å². The number of halogens is 1. The van der Waals surface area contributed by atoms with Crippen molar-refractivity contribution in [3.63, 3.8) is 0 Å². The molecule has 7 nitrogen and oxygen atoms in total. The van der Waals surface area contributed by atoms with Crippen molar-refractivity contribution in [1.29, 1.82) is 0 Å². The first kappa shape index (κ1) is 21.0. The van der Waals surface area contributed by atoms with Crippen LogP contribution in [0.25, 0.3) is 5.65 Å². The Bertz CT molecular complexity index is 1310. The summed E-state index contributed by atoms with van der Waals surface area (Å²) >= 11 is 7.63. The highest BCUT2D eigenvalue weighted by Gasteiger charge is 2.08. The van der Waals surface area contributed by atoms with Crippen LogP contribution in [0.15, 0.2) is 68.8 Å². The Kier molecular flexibility index (Phi) is 6.01. The van der Waals surface area contributed by atoms with E-state index in [1.165, 1.54) is 10.6 Å². The molecule has 0 saturated heterocycles. The van der Waals surface area contributed by atoms with E-state index < -0.39 is 0 Å². The number of anilines is 2. The molecule has 0 saturated carbocycles. The van der Waals surface area contributed by atoms with Gasteiger partial charge in [-0.15, -0.1) is 16.3 Å². The van der Waals surface area contributed by atoms with Gasteiger partial charge in [-0.3, -0.25) is 4.79 Å². The van der Waals surface area contributed by atoms with Gasteiger partial charge in [0.1, 0.15) is 5.76 Å².